The van der Waals surface area contributed by atoms with Crippen LogP contribution in [0.4, 0.5) is 0 Å². The molecular formula is C13H16BrN. The van der Waals surface area contributed by atoms with Crippen molar-refractivity contribution in [3.63, 3.8) is 0 Å². The standard InChI is InChI=1S/C13H16BrN/c1-2-3-4-13-12-9-11(14)6-5-10(12)7-8-15-13/h5-6,9H,2-4,7-8H2,1H3. The lowest BCUT2D eigenvalue weighted by Crippen LogP contribution is -2.12. The lowest BCUT2D eigenvalue weighted by molar-refractivity contribution is 0.821. The second kappa shape index (κ2) is 4.93. The van der Waals surface area contributed by atoms with Gasteiger partial charge in [-0.1, -0.05) is 35.3 Å². The molecule has 0 aromatic heterocycles. The fourth-order valence-electron chi connectivity index (χ4n) is 1.99. The second-order valence-corrected chi connectivity index (χ2v) is 4.90. The molecule has 0 spiro atoms. The van der Waals surface area contributed by atoms with Crippen LogP contribution in [0.15, 0.2) is 27.7 Å². The molecule has 0 aliphatic carbocycles. The molecule has 0 amide bonds. The van der Waals surface area contributed by atoms with E-state index in [1.165, 1.54) is 29.7 Å². The van der Waals surface area contributed by atoms with E-state index in [0.717, 1.165) is 23.9 Å². The fourth-order valence-corrected chi connectivity index (χ4v) is 2.35. The minimum Gasteiger partial charge on any atom is -0.289 e. The SMILES string of the molecule is CCCCC1=NCCc2ccc(Br)cc21. The Labute approximate surface area is 99.7 Å². The molecule has 0 radical (unpaired) electrons. The van der Waals surface area contributed by atoms with Crippen molar-refractivity contribution in [1.29, 1.82) is 0 Å². The lowest BCUT2D eigenvalue weighted by Gasteiger charge is -2.17. The summed E-state index contributed by atoms with van der Waals surface area (Å²) >= 11 is 3.53. The van der Waals surface area contributed by atoms with Gasteiger partial charge in [0.2, 0.25) is 0 Å². The number of benzene rings is 1. The number of unbranched alkanes of at least 4 members (excludes halogenated alkanes) is 1. The molecule has 0 N–H and O–H groups in total. The zero-order valence-corrected chi connectivity index (χ0v) is 10.7. The summed E-state index contributed by atoms with van der Waals surface area (Å²) in [6.07, 6.45) is 4.70. The molecule has 80 valence electrons. The van der Waals surface area contributed by atoms with Crippen LogP contribution in [0.1, 0.15) is 37.3 Å². The fraction of sp³-hybridized carbons (Fsp3) is 0.462. The molecular weight excluding hydrogens is 250 g/mol. The van der Waals surface area contributed by atoms with E-state index in [1.54, 1.807) is 0 Å². The maximum Gasteiger partial charge on any atom is 0.0433 e. The van der Waals surface area contributed by atoms with E-state index in [1.807, 2.05) is 0 Å². The third kappa shape index (κ3) is 2.49. The van der Waals surface area contributed by atoms with Crippen LogP contribution in [0, 0.1) is 0 Å². The van der Waals surface area contributed by atoms with Crippen LogP contribution in [0.25, 0.3) is 0 Å². The number of hydrogen-bond donors (Lipinski definition) is 0. The normalized spacial score (nSPS) is 14.7. The molecule has 1 heterocycles. The minimum absolute atomic E-state index is 0.966. The Hall–Kier alpha value is -0.630. The first-order valence-electron chi connectivity index (χ1n) is 5.63. The van der Waals surface area contributed by atoms with Crippen LogP contribution < -0.4 is 0 Å². The van der Waals surface area contributed by atoms with E-state index in [2.05, 4.69) is 46.0 Å². The van der Waals surface area contributed by atoms with Crippen molar-refractivity contribution < 1.29 is 0 Å². The molecule has 1 aromatic rings. The Morgan fingerprint density at radius 1 is 1.40 bits per heavy atom. The summed E-state index contributed by atoms with van der Waals surface area (Å²) in [6.45, 7) is 3.19. The van der Waals surface area contributed by atoms with Gasteiger partial charge >= 0.3 is 0 Å². The van der Waals surface area contributed by atoms with E-state index < -0.39 is 0 Å². The summed E-state index contributed by atoms with van der Waals surface area (Å²) in [7, 11) is 0. The Balaban J connectivity index is 2.28. The van der Waals surface area contributed by atoms with Crippen molar-refractivity contribution in [2.75, 3.05) is 6.54 Å². The summed E-state index contributed by atoms with van der Waals surface area (Å²) in [5, 5.41) is 0. The van der Waals surface area contributed by atoms with Crippen molar-refractivity contribution in [1.82, 2.24) is 0 Å². The summed E-state index contributed by atoms with van der Waals surface area (Å²) in [5.74, 6) is 0. The van der Waals surface area contributed by atoms with Gasteiger partial charge in [-0.3, -0.25) is 4.99 Å². The van der Waals surface area contributed by atoms with E-state index >= 15 is 0 Å². The van der Waals surface area contributed by atoms with Gasteiger partial charge in [-0.05, 0) is 42.5 Å². The molecule has 0 saturated carbocycles. The quantitative estimate of drug-likeness (QED) is 0.784. The van der Waals surface area contributed by atoms with Gasteiger partial charge in [-0.25, -0.2) is 0 Å². The van der Waals surface area contributed by atoms with Gasteiger partial charge in [0.1, 0.15) is 0 Å². The van der Waals surface area contributed by atoms with Crippen molar-refractivity contribution >= 4 is 21.6 Å². The number of rotatable bonds is 3. The molecule has 0 bridgehead atoms. The van der Waals surface area contributed by atoms with Crippen molar-refractivity contribution in [3.8, 4) is 0 Å². The highest BCUT2D eigenvalue weighted by atomic mass is 79.9. The number of nitrogens with zero attached hydrogens (tertiary/aromatic N) is 1. The lowest BCUT2D eigenvalue weighted by atomic mass is 9.95. The zero-order chi connectivity index (χ0) is 10.7. The summed E-state index contributed by atoms with van der Waals surface area (Å²) in [6, 6.07) is 6.56. The third-order valence-corrected chi connectivity index (χ3v) is 3.33. The van der Waals surface area contributed by atoms with Gasteiger partial charge in [0.15, 0.2) is 0 Å². The molecule has 2 heteroatoms. The van der Waals surface area contributed by atoms with Gasteiger partial charge in [-0.2, -0.15) is 0 Å². The molecule has 1 aromatic carbocycles. The Bertz CT molecular complexity index is 382. The van der Waals surface area contributed by atoms with Crippen LogP contribution in [0.3, 0.4) is 0 Å². The first kappa shape index (κ1) is 10.9. The van der Waals surface area contributed by atoms with Gasteiger partial charge < -0.3 is 0 Å². The minimum atomic E-state index is 0.966. The second-order valence-electron chi connectivity index (χ2n) is 3.98. The molecule has 0 unspecified atom stereocenters. The van der Waals surface area contributed by atoms with Crippen LogP contribution in [-0.2, 0) is 6.42 Å². The van der Waals surface area contributed by atoms with Gasteiger partial charge in [0, 0.05) is 16.7 Å². The Kier molecular flexibility index (Phi) is 3.57. The molecule has 1 nitrogen and oxygen atoms in total. The highest BCUT2D eigenvalue weighted by Crippen LogP contribution is 2.23. The number of fused-ring (bicyclic) bond motifs is 1. The number of halogens is 1. The summed E-state index contributed by atoms with van der Waals surface area (Å²) in [5.41, 5.74) is 4.13. The molecule has 15 heavy (non-hydrogen) atoms. The average Bonchev–Trinajstić information content (AvgIpc) is 2.26. The van der Waals surface area contributed by atoms with Crippen LogP contribution in [-0.4, -0.2) is 12.3 Å². The molecule has 1 aliphatic rings. The van der Waals surface area contributed by atoms with Gasteiger partial charge in [0.05, 0.1) is 0 Å². The highest BCUT2D eigenvalue weighted by Gasteiger charge is 2.13. The van der Waals surface area contributed by atoms with Crippen molar-refractivity contribution in [3.05, 3.63) is 33.8 Å². The monoisotopic (exact) mass is 265 g/mol. The Morgan fingerprint density at radius 2 is 2.27 bits per heavy atom. The van der Waals surface area contributed by atoms with Crippen molar-refractivity contribution in [2.24, 2.45) is 4.99 Å². The number of hydrogen-bond acceptors (Lipinski definition) is 1. The first-order valence-corrected chi connectivity index (χ1v) is 6.42. The summed E-state index contributed by atoms with van der Waals surface area (Å²) < 4.78 is 1.16. The molecule has 1 aliphatic heterocycles. The highest BCUT2D eigenvalue weighted by molar-refractivity contribution is 9.10. The maximum atomic E-state index is 4.65. The van der Waals surface area contributed by atoms with Crippen LogP contribution in [0.2, 0.25) is 0 Å². The van der Waals surface area contributed by atoms with E-state index in [-0.39, 0.29) is 0 Å². The molecule has 2 rings (SSSR count). The van der Waals surface area contributed by atoms with Gasteiger partial charge in [0.25, 0.3) is 0 Å². The average molecular weight is 266 g/mol. The van der Waals surface area contributed by atoms with Crippen molar-refractivity contribution in [2.45, 2.75) is 32.6 Å². The zero-order valence-electron chi connectivity index (χ0n) is 9.09. The maximum absolute atomic E-state index is 4.65. The molecule has 0 atom stereocenters. The largest absolute Gasteiger partial charge is 0.289 e. The summed E-state index contributed by atoms with van der Waals surface area (Å²) in [4.78, 5) is 4.65. The smallest absolute Gasteiger partial charge is 0.0433 e. The van der Waals surface area contributed by atoms with E-state index in [9.17, 15) is 0 Å². The van der Waals surface area contributed by atoms with E-state index in [4.69, 9.17) is 0 Å². The van der Waals surface area contributed by atoms with Gasteiger partial charge in [-0.15, -0.1) is 0 Å². The topological polar surface area (TPSA) is 12.4 Å². The predicted molar refractivity (Wildman–Crippen MR) is 68.8 cm³/mol. The van der Waals surface area contributed by atoms with E-state index in [0.29, 0.717) is 0 Å². The third-order valence-electron chi connectivity index (χ3n) is 2.83. The Morgan fingerprint density at radius 3 is 3.07 bits per heavy atom. The molecule has 0 saturated heterocycles. The molecule has 0 fully saturated rings. The van der Waals surface area contributed by atoms with Crippen LogP contribution in [0.5, 0.6) is 0 Å². The predicted octanol–water partition coefficient (Wildman–Crippen LogP) is 3.98. The van der Waals surface area contributed by atoms with Crippen LogP contribution >= 0.6 is 15.9 Å². The number of aliphatic imine (C=N–C) groups is 1. The first-order chi connectivity index (χ1) is 7.31.